The Balaban J connectivity index is 1.71. The average Bonchev–Trinajstić information content (AvgIpc) is 2.86. The number of hydrogen-bond donors (Lipinski definition) is 4. The van der Waals surface area contributed by atoms with Gasteiger partial charge in [-0.15, -0.1) is 0 Å². The lowest BCUT2D eigenvalue weighted by atomic mass is 10.1. The highest BCUT2D eigenvalue weighted by Gasteiger charge is 2.09. The van der Waals surface area contributed by atoms with E-state index in [1.54, 1.807) is 18.2 Å². The van der Waals surface area contributed by atoms with Crippen molar-refractivity contribution >= 4 is 32.7 Å². The molecule has 8 nitrogen and oxygen atoms in total. The summed E-state index contributed by atoms with van der Waals surface area (Å²) < 4.78 is 22.4. The van der Waals surface area contributed by atoms with Crippen LogP contribution in [0.3, 0.4) is 0 Å². The van der Waals surface area contributed by atoms with E-state index in [1.807, 2.05) is 0 Å². The van der Waals surface area contributed by atoms with E-state index in [0.717, 1.165) is 0 Å². The number of anilines is 1. The zero-order chi connectivity index (χ0) is 17.3. The number of hydrogen-bond acceptors (Lipinski definition) is 4. The molecule has 24 heavy (non-hydrogen) atoms. The van der Waals surface area contributed by atoms with Crippen molar-refractivity contribution in [3.8, 4) is 0 Å². The lowest BCUT2D eigenvalue weighted by Gasteiger charge is -2.06. The molecule has 5 N–H and O–H groups in total. The molecule has 2 aromatic carbocycles. The summed E-state index contributed by atoms with van der Waals surface area (Å²) in [6.07, 6.45) is 0.0760. The van der Waals surface area contributed by atoms with Gasteiger partial charge in [0.25, 0.3) is 0 Å². The molecule has 0 bridgehead atoms. The number of H-pyrrole nitrogens is 2. The summed E-state index contributed by atoms with van der Waals surface area (Å²) in [6.45, 7) is 0. The second-order valence-corrected chi connectivity index (χ2v) is 6.81. The molecule has 0 saturated carbocycles. The zero-order valence-electron chi connectivity index (χ0n) is 12.4. The van der Waals surface area contributed by atoms with Crippen LogP contribution in [-0.2, 0) is 21.2 Å². The molecular formula is C15H14N4O4S. The highest BCUT2D eigenvalue weighted by atomic mass is 32.2. The Labute approximate surface area is 136 Å². The van der Waals surface area contributed by atoms with Gasteiger partial charge in [-0.2, -0.15) is 0 Å². The second-order valence-electron chi connectivity index (χ2n) is 5.25. The van der Waals surface area contributed by atoms with Gasteiger partial charge in [0.15, 0.2) is 0 Å². The molecule has 0 atom stereocenters. The predicted molar refractivity (Wildman–Crippen MR) is 89.1 cm³/mol. The van der Waals surface area contributed by atoms with Gasteiger partial charge in [0.1, 0.15) is 0 Å². The monoisotopic (exact) mass is 346 g/mol. The normalized spacial score (nSPS) is 11.5. The smallest absolute Gasteiger partial charge is 0.323 e. The van der Waals surface area contributed by atoms with Gasteiger partial charge in [0.05, 0.1) is 22.3 Å². The first-order valence-electron chi connectivity index (χ1n) is 6.95. The lowest BCUT2D eigenvalue weighted by molar-refractivity contribution is -0.115. The van der Waals surface area contributed by atoms with E-state index in [-0.39, 0.29) is 22.9 Å². The number of rotatable bonds is 4. The number of carbonyl (C=O) groups excluding carboxylic acids is 1. The fraction of sp³-hybridized carbons (Fsp3) is 0.0667. The Kier molecular flexibility index (Phi) is 3.96. The molecule has 0 radical (unpaired) electrons. The highest BCUT2D eigenvalue weighted by molar-refractivity contribution is 7.89. The SMILES string of the molecule is NS(=O)(=O)c1ccc(CC(=O)Nc2ccc3[nH]c(=O)[nH]c3c2)cc1. The molecule has 0 unspecified atom stereocenters. The van der Waals surface area contributed by atoms with Gasteiger partial charge >= 0.3 is 5.69 Å². The minimum Gasteiger partial charge on any atom is -0.326 e. The Bertz CT molecular complexity index is 1060. The van der Waals surface area contributed by atoms with Gasteiger partial charge < -0.3 is 15.3 Å². The fourth-order valence-corrected chi connectivity index (χ4v) is 2.81. The summed E-state index contributed by atoms with van der Waals surface area (Å²) in [5, 5.41) is 7.74. The van der Waals surface area contributed by atoms with Crippen molar-refractivity contribution in [3.63, 3.8) is 0 Å². The molecule has 0 aliphatic heterocycles. The summed E-state index contributed by atoms with van der Waals surface area (Å²) in [5.74, 6) is -0.268. The van der Waals surface area contributed by atoms with Crippen LogP contribution in [0.5, 0.6) is 0 Å². The zero-order valence-corrected chi connectivity index (χ0v) is 13.2. The molecule has 3 aromatic rings. The Morgan fingerprint density at radius 1 is 1.04 bits per heavy atom. The minimum absolute atomic E-state index is 0.00600. The quantitative estimate of drug-likeness (QED) is 0.552. The number of primary sulfonamides is 1. The van der Waals surface area contributed by atoms with Crippen LogP contribution in [0, 0.1) is 0 Å². The van der Waals surface area contributed by atoms with E-state index in [1.165, 1.54) is 24.3 Å². The van der Waals surface area contributed by atoms with E-state index in [9.17, 15) is 18.0 Å². The number of carbonyl (C=O) groups is 1. The standard InChI is InChI=1S/C15H14N4O4S/c16-24(22,23)11-4-1-9(2-5-11)7-14(20)17-10-3-6-12-13(8-10)19-15(21)18-12/h1-6,8H,7H2,(H,17,20)(H2,16,22,23)(H2,18,19,21). The largest absolute Gasteiger partial charge is 0.326 e. The van der Waals surface area contributed by atoms with Crippen molar-refractivity contribution in [3.05, 3.63) is 58.5 Å². The summed E-state index contributed by atoms with van der Waals surface area (Å²) in [4.78, 5) is 28.5. The van der Waals surface area contributed by atoms with Gasteiger partial charge in [-0.05, 0) is 35.9 Å². The molecule has 1 heterocycles. The number of aromatic amines is 2. The van der Waals surface area contributed by atoms with Crippen LogP contribution in [0.25, 0.3) is 11.0 Å². The molecule has 3 rings (SSSR count). The maximum absolute atomic E-state index is 12.1. The Hall–Kier alpha value is -2.91. The van der Waals surface area contributed by atoms with Crippen molar-refractivity contribution in [2.45, 2.75) is 11.3 Å². The third-order valence-corrected chi connectivity index (χ3v) is 4.35. The number of imidazole rings is 1. The molecule has 0 saturated heterocycles. The van der Waals surface area contributed by atoms with Crippen LogP contribution in [0.2, 0.25) is 0 Å². The van der Waals surface area contributed by atoms with Gasteiger partial charge in [-0.3, -0.25) is 4.79 Å². The lowest BCUT2D eigenvalue weighted by Crippen LogP contribution is -2.15. The molecule has 0 spiro atoms. The summed E-state index contributed by atoms with van der Waals surface area (Å²) >= 11 is 0. The van der Waals surface area contributed by atoms with Crippen molar-refractivity contribution < 1.29 is 13.2 Å². The topological polar surface area (TPSA) is 138 Å². The predicted octanol–water partition coefficient (Wildman–Crippen LogP) is 0.685. The maximum atomic E-state index is 12.1. The van der Waals surface area contributed by atoms with Crippen molar-refractivity contribution in [2.75, 3.05) is 5.32 Å². The van der Waals surface area contributed by atoms with E-state index in [0.29, 0.717) is 22.3 Å². The summed E-state index contributed by atoms with van der Waals surface area (Å²) in [5.41, 5.74) is 2.12. The number of fused-ring (bicyclic) bond motifs is 1. The molecule has 124 valence electrons. The van der Waals surface area contributed by atoms with Crippen LogP contribution in [0.15, 0.2) is 52.2 Å². The molecule has 0 aliphatic rings. The van der Waals surface area contributed by atoms with Crippen LogP contribution in [-0.4, -0.2) is 24.3 Å². The van der Waals surface area contributed by atoms with Gasteiger partial charge in [0, 0.05) is 5.69 Å². The molecular weight excluding hydrogens is 332 g/mol. The van der Waals surface area contributed by atoms with Crippen molar-refractivity contribution in [1.82, 2.24) is 9.97 Å². The maximum Gasteiger partial charge on any atom is 0.323 e. The summed E-state index contributed by atoms with van der Waals surface area (Å²) in [7, 11) is -3.75. The molecule has 1 aromatic heterocycles. The number of nitrogens with two attached hydrogens (primary N) is 1. The Morgan fingerprint density at radius 3 is 2.38 bits per heavy atom. The number of aromatic nitrogens is 2. The van der Waals surface area contributed by atoms with Crippen LogP contribution in [0.4, 0.5) is 5.69 Å². The van der Waals surface area contributed by atoms with Crippen LogP contribution in [0.1, 0.15) is 5.56 Å². The number of amides is 1. The number of sulfonamides is 1. The number of nitrogens with one attached hydrogen (secondary N) is 3. The third-order valence-electron chi connectivity index (χ3n) is 3.42. The first-order valence-corrected chi connectivity index (χ1v) is 8.49. The van der Waals surface area contributed by atoms with E-state index >= 15 is 0 Å². The number of benzene rings is 2. The molecule has 0 aliphatic carbocycles. The fourth-order valence-electron chi connectivity index (χ4n) is 2.30. The van der Waals surface area contributed by atoms with Gasteiger partial charge in [0.2, 0.25) is 15.9 Å². The van der Waals surface area contributed by atoms with Gasteiger partial charge in [-0.1, -0.05) is 12.1 Å². The highest BCUT2D eigenvalue weighted by Crippen LogP contribution is 2.15. The summed E-state index contributed by atoms with van der Waals surface area (Å²) in [6, 6.07) is 10.8. The molecule has 1 amide bonds. The van der Waals surface area contributed by atoms with Crippen LogP contribution >= 0.6 is 0 Å². The van der Waals surface area contributed by atoms with Gasteiger partial charge in [-0.25, -0.2) is 18.4 Å². The van der Waals surface area contributed by atoms with E-state index < -0.39 is 10.0 Å². The second kappa shape index (κ2) is 5.95. The Morgan fingerprint density at radius 2 is 1.71 bits per heavy atom. The van der Waals surface area contributed by atoms with E-state index in [2.05, 4.69) is 15.3 Å². The molecule has 0 fully saturated rings. The van der Waals surface area contributed by atoms with Crippen LogP contribution < -0.4 is 16.1 Å². The minimum atomic E-state index is -3.75. The average molecular weight is 346 g/mol. The first kappa shape index (κ1) is 16.0. The third kappa shape index (κ3) is 3.53. The van der Waals surface area contributed by atoms with Crippen molar-refractivity contribution in [1.29, 1.82) is 0 Å². The molecule has 9 heteroatoms. The van der Waals surface area contributed by atoms with Crippen molar-refractivity contribution in [2.24, 2.45) is 5.14 Å². The first-order chi connectivity index (χ1) is 11.3. The van der Waals surface area contributed by atoms with E-state index in [4.69, 9.17) is 5.14 Å².